The highest BCUT2D eigenvalue weighted by atomic mass is 79.9. The lowest BCUT2D eigenvalue weighted by atomic mass is 10.1. The number of ether oxygens (including phenoxy) is 4. The number of methoxy groups -OCH3 is 4. The maximum Gasteiger partial charge on any atom is 0.312 e. The standard InChI is InChI=1S/C10H9BrN4O3.C10H10BrN3O.C8H6BrNO.C2H6N2O.C2H7N.C2H4O2/c1-14-5-12-10(13-14)7-3-6(11)4-8(15(16)17)9(7)18-2;1-14-6-12-10(13-14)8-5-7(11)3-4-9(8)15-2;1-11-8-3-2-7(9)4-6(8)5-10;1-4(3)2-5;1-2-3;1-4-2-3/h3-5H,1-2H3;3-6H,1-2H3;2-4H,1H3;2H,3H2,1H3;2-3H2,1H3;2H,1H3. The summed E-state index contributed by atoms with van der Waals surface area (Å²) in [6.45, 7) is 3.03. The van der Waals surface area contributed by atoms with Gasteiger partial charge in [-0.05, 0) is 49.0 Å². The first-order valence-electron chi connectivity index (χ1n) is 15.5. The molecule has 3 aromatic carbocycles. The van der Waals surface area contributed by atoms with Gasteiger partial charge in [0.1, 0.15) is 30.2 Å². The highest BCUT2D eigenvalue weighted by Gasteiger charge is 2.23. The third-order valence-electron chi connectivity index (χ3n) is 5.82. The number of carbonyl (C=O) groups excluding carboxylic acids is 2. The van der Waals surface area contributed by atoms with Crippen LogP contribution < -0.4 is 25.8 Å². The summed E-state index contributed by atoms with van der Waals surface area (Å²) < 4.78 is 24.8. The molecular weight excluding hydrogens is 930 g/mol. The highest BCUT2D eigenvalue weighted by molar-refractivity contribution is 9.11. The molecule has 4 N–H and O–H groups in total. The first-order valence-corrected chi connectivity index (χ1v) is 17.9. The number of halogens is 3. The summed E-state index contributed by atoms with van der Waals surface area (Å²) in [5, 5.41) is 28.9. The van der Waals surface area contributed by atoms with Gasteiger partial charge in [0.15, 0.2) is 11.6 Å². The first-order chi connectivity index (χ1) is 26.6. The number of carbonyl (C=O) groups is 2. The fraction of sp³-hybridized carbons (Fsp3) is 0.265. The molecule has 0 aliphatic rings. The number of nitrogens with two attached hydrogens (primary N) is 2. The Morgan fingerprint density at radius 1 is 0.857 bits per heavy atom. The second-order valence-electron chi connectivity index (χ2n) is 10.1. The molecule has 5 rings (SSSR count). The van der Waals surface area contributed by atoms with Gasteiger partial charge in [0, 0.05) is 40.6 Å². The van der Waals surface area contributed by atoms with Crippen molar-refractivity contribution in [1.82, 2.24) is 34.5 Å². The van der Waals surface area contributed by atoms with Crippen LogP contribution in [0.1, 0.15) is 12.5 Å². The van der Waals surface area contributed by atoms with Crippen LogP contribution >= 0.6 is 47.8 Å². The maximum absolute atomic E-state index is 11.0. The summed E-state index contributed by atoms with van der Waals surface area (Å²) in [5.74, 6) is 7.32. The van der Waals surface area contributed by atoms with Gasteiger partial charge in [0.2, 0.25) is 12.2 Å². The number of amides is 1. The van der Waals surface area contributed by atoms with Gasteiger partial charge in [-0.1, -0.05) is 54.7 Å². The zero-order chi connectivity index (χ0) is 42.8. The van der Waals surface area contributed by atoms with E-state index in [4.69, 9.17) is 35.8 Å². The van der Waals surface area contributed by atoms with E-state index in [-0.39, 0.29) is 11.4 Å². The fourth-order valence-corrected chi connectivity index (χ4v) is 4.81. The quantitative estimate of drug-likeness (QED) is 0.0645. The predicted molar refractivity (Wildman–Crippen MR) is 219 cm³/mol. The molecule has 19 nitrogen and oxygen atoms in total. The summed E-state index contributed by atoms with van der Waals surface area (Å²) in [6.07, 6.45) is 3.71. The lowest BCUT2D eigenvalue weighted by molar-refractivity contribution is -0.385. The van der Waals surface area contributed by atoms with Crippen LogP contribution in [-0.4, -0.2) is 94.4 Å². The van der Waals surface area contributed by atoms with Crippen molar-refractivity contribution in [3.63, 3.8) is 0 Å². The fourth-order valence-electron chi connectivity index (χ4n) is 3.64. The Morgan fingerprint density at radius 2 is 1.30 bits per heavy atom. The van der Waals surface area contributed by atoms with E-state index in [1.54, 1.807) is 50.5 Å². The molecule has 2 heterocycles. The van der Waals surface area contributed by atoms with Crippen LogP contribution in [0.15, 0.2) is 74.6 Å². The molecule has 56 heavy (non-hydrogen) atoms. The average molecular weight is 972 g/mol. The number of aromatic nitrogens is 6. The Bertz CT molecular complexity index is 2000. The van der Waals surface area contributed by atoms with Gasteiger partial charge in [0.25, 0.3) is 6.47 Å². The Balaban J connectivity index is 0.000000720. The number of nitriles is 1. The Kier molecular flexibility index (Phi) is 25.3. The number of hydrogen-bond donors (Lipinski definition) is 2. The van der Waals surface area contributed by atoms with Crippen molar-refractivity contribution in [2.24, 2.45) is 25.7 Å². The predicted octanol–water partition coefficient (Wildman–Crippen LogP) is 5.45. The smallest absolute Gasteiger partial charge is 0.312 e. The summed E-state index contributed by atoms with van der Waals surface area (Å²) in [5.41, 5.74) is 6.61. The van der Waals surface area contributed by atoms with E-state index < -0.39 is 4.92 Å². The van der Waals surface area contributed by atoms with Gasteiger partial charge < -0.3 is 24.7 Å². The van der Waals surface area contributed by atoms with Crippen molar-refractivity contribution in [3.05, 3.63) is 90.3 Å². The first kappa shape index (κ1) is 50.5. The molecule has 0 spiro atoms. The molecule has 302 valence electrons. The molecule has 0 saturated heterocycles. The summed E-state index contributed by atoms with van der Waals surface area (Å²) in [7, 11) is 10.9. The third kappa shape index (κ3) is 18.2. The minimum absolute atomic E-state index is 0.130. The van der Waals surface area contributed by atoms with Gasteiger partial charge in [-0.25, -0.2) is 15.8 Å². The minimum atomic E-state index is -0.504. The topological polar surface area (TPSA) is 255 Å². The SMILES string of the molecule is CCN.CN(N)C=O.COC=O.COc1c(-c2ncn(C)n2)cc(Br)cc1[N+](=O)[O-].COc1ccc(Br)cc1-c1ncn(C)n1.COc1ccc(Br)cc1C#N. The Labute approximate surface area is 349 Å². The normalized spacial score (nSPS) is 9.14. The number of nitro groups is 1. The molecule has 0 atom stereocenters. The van der Waals surface area contributed by atoms with Crippen molar-refractivity contribution < 1.29 is 33.5 Å². The van der Waals surface area contributed by atoms with Crippen molar-refractivity contribution >= 4 is 66.4 Å². The third-order valence-corrected chi connectivity index (χ3v) is 7.27. The molecule has 22 heteroatoms. The number of hydrogen-bond acceptors (Lipinski definition) is 15. The second kappa shape index (κ2) is 28.0. The summed E-state index contributed by atoms with van der Waals surface area (Å²) in [4.78, 5) is 37.0. The summed E-state index contributed by atoms with van der Waals surface area (Å²) in [6, 6.07) is 16.1. The molecule has 5 aromatic rings. The molecule has 2 aromatic heterocycles. The van der Waals surface area contributed by atoms with Crippen molar-refractivity contribution in [2.75, 3.05) is 42.0 Å². The Morgan fingerprint density at radius 3 is 1.68 bits per heavy atom. The number of benzene rings is 3. The molecule has 0 aliphatic carbocycles. The number of nitro benzene ring substituents is 1. The molecule has 0 unspecified atom stereocenters. The van der Waals surface area contributed by atoms with Gasteiger partial charge in [-0.3, -0.25) is 34.1 Å². The van der Waals surface area contributed by atoms with E-state index in [0.29, 0.717) is 45.9 Å². The van der Waals surface area contributed by atoms with Gasteiger partial charge in [0.05, 0.1) is 50.1 Å². The lowest BCUT2D eigenvalue weighted by Crippen LogP contribution is -2.23. The monoisotopic (exact) mass is 969 g/mol. The van der Waals surface area contributed by atoms with E-state index in [9.17, 15) is 14.9 Å². The van der Waals surface area contributed by atoms with E-state index in [1.807, 2.05) is 44.3 Å². The number of aryl methyl sites for hydroxylation is 2. The van der Waals surface area contributed by atoms with Crippen LogP contribution in [0.2, 0.25) is 0 Å². The molecule has 0 radical (unpaired) electrons. The van der Waals surface area contributed by atoms with Crippen LogP contribution in [-0.2, 0) is 28.4 Å². The van der Waals surface area contributed by atoms with E-state index in [1.165, 1.54) is 38.3 Å². The van der Waals surface area contributed by atoms with Crippen molar-refractivity contribution in [3.8, 4) is 46.1 Å². The zero-order valence-corrected chi connectivity index (χ0v) is 36.5. The van der Waals surface area contributed by atoms with Crippen LogP contribution in [0.3, 0.4) is 0 Å². The number of nitrogens with zero attached hydrogens (tertiary/aromatic N) is 9. The van der Waals surface area contributed by atoms with E-state index >= 15 is 0 Å². The largest absolute Gasteiger partial charge is 0.496 e. The second-order valence-corrected chi connectivity index (χ2v) is 12.8. The molecular formula is C34H42Br3N11O8. The maximum atomic E-state index is 11.0. The summed E-state index contributed by atoms with van der Waals surface area (Å²) >= 11 is 9.90. The van der Waals surface area contributed by atoms with Crippen LogP contribution in [0.4, 0.5) is 5.69 Å². The van der Waals surface area contributed by atoms with E-state index in [0.717, 1.165) is 31.8 Å². The number of rotatable bonds is 8. The molecule has 1 amide bonds. The van der Waals surface area contributed by atoms with Crippen molar-refractivity contribution in [2.45, 2.75) is 6.92 Å². The zero-order valence-electron chi connectivity index (χ0n) is 31.7. The van der Waals surface area contributed by atoms with E-state index in [2.05, 4.69) is 72.7 Å². The minimum Gasteiger partial charge on any atom is -0.496 e. The van der Waals surface area contributed by atoms with Crippen LogP contribution in [0.25, 0.3) is 22.8 Å². The molecule has 0 bridgehead atoms. The van der Waals surface area contributed by atoms with Gasteiger partial charge >= 0.3 is 5.69 Å². The number of hydrazine groups is 1. The molecule has 0 aliphatic heterocycles. The van der Waals surface area contributed by atoms with Gasteiger partial charge in [-0.15, -0.1) is 0 Å². The average Bonchev–Trinajstić information content (AvgIpc) is 3.83. The highest BCUT2D eigenvalue weighted by Crippen LogP contribution is 2.39. The Hall–Kier alpha value is -5.47. The lowest BCUT2D eigenvalue weighted by Gasteiger charge is -2.06. The van der Waals surface area contributed by atoms with Crippen LogP contribution in [0.5, 0.6) is 17.2 Å². The van der Waals surface area contributed by atoms with Crippen molar-refractivity contribution in [1.29, 1.82) is 5.26 Å². The molecule has 0 fully saturated rings. The van der Waals surface area contributed by atoms with Crippen LogP contribution in [0, 0.1) is 21.4 Å². The molecule has 0 saturated carbocycles. The van der Waals surface area contributed by atoms with Gasteiger partial charge in [-0.2, -0.15) is 15.5 Å².